The standard InChI is InChI=1S/FH.2H2O.O.Ti/h1H;2*1H2;;/q;;;;+2/p-2. The third-order valence-corrected chi connectivity index (χ3v) is 0. The summed E-state index contributed by atoms with van der Waals surface area (Å²) in [6.07, 6.45) is 0. The van der Waals surface area contributed by atoms with Gasteiger partial charge in [0.15, 0.2) is 0 Å². The molecule has 0 aliphatic rings. The zero-order valence-electron chi connectivity index (χ0n) is 2.21. The van der Waals surface area contributed by atoms with E-state index in [1.54, 1.807) is 0 Å². The molecule has 0 atom stereocenters. The van der Waals surface area contributed by atoms with Crippen LogP contribution in [0, 0.1) is 0 Å². The van der Waals surface area contributed by atoms with Gasteiger partial charge in [-0.3, -0.25) is 4.70 Å². The van der Waals surface area contributed by atoms with Gasteiger partial charge in [0.05, 0.1) is 0 Å². The fourth-order valence-electron chi connectivity index (χ4n) is 0. The molecule has 0 aromatic carbocycles. The van der Waals surface area contributed by atoms with Gasteiger partial charge in [0.1, 0.15) is 0 Å². The van der Waals surface area contributed by atoms with E-state index in [9.17, 15) is 0 Å². The average Bonchev–Trinajstić information content (AvgIpc) is 0.811. The van der Waals surface area contributed by atoms with Crippen molar-refractivity contribution in [3.63, 3.8) is 0 Å². The molecule has 5 heteroatoms. The molecule has 0 saturated carbocycles. The van der Waals surface area contributed by atoms with E-state index in [2.05, 4.69) is 0 Å². The van der Waals surface area contributed by atoms with Crippen LogP contribution in [-0.4, -0.2) is 7.38 Å². The van der Waals surface area contributed by atoms with Crippen LogP contribution in [0.25, 0.3) is 0 Å². The van der Waals surface area contributed by atoms with Crippen molar-refractivity contribution in [3.8, 4) is 0 Å². The van der Waals surface area contributed by atoms with Gasteiger partial charge >= 0.3 is 29.3 Å². The second kappa shape index (κ2) is 4.36. The Morgan fingerprint density at radius 2 is 1.40 bits per heavy atom. The Hall–Kier alpha value is 0.364. The summed E-state index contributed by atoms with van der Waals surface area (Å²) in [7, 11) is 0. The molecule has 0 rings (SSSR count). The first-order valence-corrected chi connectivity index (χ1v) is 2.69. The molecule has 0 heterocycles. The van der Waals surface area contributed by atoms with Crippen LogP contribution in [0.4, 0.5) is 4.70 Å². The van der Waals surface area contributed by atoms with Crippen LogP contribution < -0.4 is 0 Å². The molecular formula is H3FO3Ti. The molecule has 0 aromatic heterocycles. The first kappa shape index (κ1) is 9.03. The molecule has 0 aliphatic carbocycles. The fourth-order valence-corrected chi connectivity index (χ4v) is 0. The Kier molecular flexibility index (Phi) is 7.88. The molecule has 2 N–H and O–H groups in total. The third kappa shape index (κ3) is 184. The predicted molar refractivity (Wildman–Crippen MR) is 7.63 cm³/mol. The van der Waals surface area contributed by atoms with Crippen molar-refractivity contribution in [1.29, 1.82) is 0 Å². The van der Waals surface area contributed by atoms with Gasteiger partial charge in [-0.1, -0.05) is 0 Å². The van der Waals surface area contributed by atoms with E-state index < -0.39 is 18.6 Å². The van der Waals surface area contributed by atoms with Gasteiger partial charge in [-0.05, 0) is 0 Å². The van der Waals surface area contributed by atoms with E-state index in [1.807, 2.05) is 0 Å². The van der Waals surface area contributed by atoms with E-state index in [1.165, 1.54) is 0 Å². The summed E-state index contributed by atoms with van der Waals surface area (Å²) >= 11 is -3.58. The van der Waals surface area contributed by atoms with E-state index in [0.29, 0.717) is 0 Å². The van der Waals surface area contributed by atoms with Gasteiger partial charge in [-0.15, -0.1) is 0 Å². The zero-order chi connectivity index (χ0) is 3.58. The molecule has 5 heavy (non-hydrogen) atoms. The van der Waals surface area contributed by atoms with Gasteiger partial charge < -0.3 is 0 Å². The van der Waals surface area contributed by atoms with Crippen molar-refractivity contribution < 1.29 is 34.0 Å². The minimum atomic E-state index is -3.58. The second-order valence-corrected chi connectivity index (χ2v) is 1.17. The van der Waals surface area contributed by atoms with Gasteiger partial charge in [-0.2, -0.15) is 0 Å². The molecule has 0 amide bonds. The van der Waals surface area contributed by atoms with Gasteiger partial charge in [0.2, 0.25) is 0 Å². The van der Waals surface area contributed by atoms with Crippen molar-refractivity contribution >= 4 is 0 Å². The Balaban J connectivity index is 0. The van der Waals surface area contributed by atoms with Gasteiger partial charge in [0, 0.05) is 0 Å². The number of hydrogen-bond donors (Lipinski definition) is 2. The maximum atomic E-state index is 8.81. The Morgan fingerprint density at radius 3 is 1.40 bits per heavy atom. The summed E-state index contributed by atoms with van der Waals surface area (Å²) in [5.41, 5.74) is 0. The number of hydrogen-bond acceptors (Lipinski definition) is 1. The molecule has 0 radical (unpaired) electrons. The number of rotatable bonds is 0. The van der Waals surface area contributed by atoms with Crippen LogP contribution in [0.1, 0.15) is 0 Å². The molecule has 0 spiro atoms. The first-order valence-electron chi connectivity index (χ1n) is 0.651. The van der Waals surface area contributed by atoms with E-state index >= 15 is 0 Å². The second-order valence-electron chi connectivity index (χ2n) is 0.283. The van der Waals surface area contributed by atoms with E-state index in [0.717, 1.165) is 0 Å². The number of halogens is 1. The third-order valence-electron chi connectivity index (χ3n) is 0. The van der Waals surface area contributed by atoms with Crippen molar-refractivity contribution in [2.24, 2.45) is 0 Å². The molecule has 0 aliphatic heterocycles. The Bertz CT molecular complexity index is 29.9. The van der Waals surface area contributed by atoms with Crippen LogP contribution in [0.2, 0.25) is 0 Å². The summed E-state index contributed by atoms with van der Waals surface area (Å²) in [5.74, 6) is 0. The van der Waals surface area contributed by atoms with Crippen molar-refractivity contribution in [2.45, 2.75) is 0 Å². The molecule has 0 unspecified atom stereocenters. The summed E-state index contributed by atoms with van der Waals surface area (Å²) in [5, 5.41) is 0. The molecule has 0 fully saturated rings. The summed E-state index contributed by atoms with van der Waals surface area (Å²) in [4.78, 5) is 0. The zero-order valence-corrected chi connectivity index (χ0v) is 3.77. The summed E-state index contributed by atoms with van der Waals surface area (Å²) in [6, 6.07) is 0. The topological polar surface area (TPSA) is 57.5 Å². The molecule has 0 saturated heterocycles. The molecule has 0 aromatic rings. The SMILES string of the molecule is F.[O]=[Ti]([OH])[OH]. The average molecular weight is 118 g/mol. The molecule has 3 nitrogen and oxygen atoms in total. The van der Waals surface area contributed by atoms with E-state index in [4.69, 9.17) is 10.7 Å². The van der Waals surface area contributed by atoms with Crippen LogP contribution in [-0.2, 0) is 21.9 Å². The maximum absolute atomic E-state index is 8.81. The van der Waals surface area contributed by atoms with Crippen LogP contribution in [0.5, 0.6) is 0 Å². The van der Waals surface area contributed by atoms with Crippen molar-refractivity contribution in [1.82, 2.24) is 0 Å². The molecule has 0 bridgehead atoms. The molecular weight excluding hydrogens is 115 g/mol. The molecule has 32 valence electrons. The monoisotopic (exact) mass is 118 g/mol. The minimum absolute atomic E-state index is 0. The van der Waals surface area contributed by atoms with Gasteiger partial charge in [0.25, 0.3) is 0 Å². The van der Waals surface area contributed by atoms with Crippen molar-refractivity contribution in [3.05, 3.63) is 0 Å². The first-order chi connectivity index (χ1) is 1.73. The van der Waals surface area contributed by atoms with Crippen LogP contribution >= 0.6 is 0 Å². The fraction of sp³-hybridized carbons (Fsp3) is 0. The Labute approximate surface area is 34.7 Å². The summed E-state index contributed by atoms with van der Waals surface area (Å²) < 4.78 is 23.2. The Morgan fingerprint density at radius 1 is 1.40 bits per heavy atom. The van der Waals surface area contributed by atoms with Crippen molar-refractivity contribution in [2.75, 3.05) is 0 Å². The quantitative estimate of drug-likeness (QED) is 0.397. The predicted octanol–water partition coefficient (Wildman–Crippen LogP) is -1.08. The normalized spacial score (nSPS) is 5.20. The van der Waals surface area contributed by atoms with Crippen LogP contribution in [0.3, 0.4) is 0 Å². The van der Waals surface area contributed by atoms with Crippen LogP contribution in [0.15, 0.2) is 0 Å². The van der Waals surface area contributed by atoms with E-state index in [-0.39, 0.29) is 4.70 Å². The van der Waals surface area contributed by atoms with Gasteiger partial charge in [-0.25, -0.2) is 0 Å². The summed E-state index contributed by atoms with van der Waals surface area (Å²) in [6.45, 7) is 0.